The summed E-state index contributed by atoms with van der Waals surface area (Å²) in [5.74, 6) is -10.3. The molecule has 0 bridgehead atoms. The number of carbonyl (C=O) groups is 6. The molecule has 17 heteroatoms. The van der Waals surface area contributed by atoms with Crippen molar-refractivity contribution in [3.63, 3.8) is 0 Å². The molecule has 0 aromatic heterocycles. The number of aliphatic hydroxyl groups excluding tert-OH is 3. The molecule has 0 aromatic rings. The molecule has 0 aliphatic rings. The van der Waals surface area contributed by atoms with Crippen LogP contribution in [0, 0.1) is 0 Å². The third kappa shape index (κ3) is 31.8. The summed E-state index contributed by atoms with van der Waals surface area (Å²) >= 11 is 0. The van der Waals surface area contributed by atoms with E-state index in [0.29, 0.717) is 0 Å². The third-order valence-electron chi connectivity index (χ3n) is 1.90. The normalized spacial score (nSPS) is 11.7. The number of aliphatic hydroxyl groups is 3. The van der Waals surface area contributed by atoms with E-state index >= 15 is 0 Å². The van der Waals surface area contributed by atoms with E-state index in [-0.39, 0.29) is 65.4 Å². The molecule has 0 saturated carbocycles. The van der Waals surface area contributed by atoms with Crippen molar-refractivity contribution in [3.05, 3.63) is 0 Å². The zero-order valence-corrected chi connectivity index (χ0v) is 19.9. The van der Waals surface area contributed by atoms with E-state index < -0.39 is 73.4 Å². The summed E-state index contributed by atoms with van der Waals surface area (Å²) in [6, 6.07) is 0. The van der Waals surface area contributed by atoms with Crippen molar-refractivity contribution in [1.82, 2.24) is 0 Å². The Kier molecular flexibility index (Phi) is 28.7. The van der Waals surface area contributed by atoms with Gasteiger partial charge >= 0.3 is 65.4 Å². The molecule has 3 atom stereocenters. The maximum atomic E-state index is 9.58. The summed E-state index contributed by atoms with van der Waals surface area (Å²) in [5.41, 5.74) is 0. The fourth-order valence-electron chi connectivity index (χ4n) is 0.724. The van der Waals surface area contributed by atoms with Crippen LogP contribution in [0.3, 0.4) is 0 Å². The predicted octanol–water partition coefficient (Wildman–Crippen LogP) is -11.3. The average molecular weight is 574 g/mol. The van der Waals surface area contributed by atoms with Gasteiger partial charge in [-0.15, -0.1) is 0 Å². The Bertz CT molecular complexity index is 473. The van der Waals surface area contributed by atoms with Gasteiger partial charge in [-0.2, -0.15) is 0 Å². The summed E-state index contributed by atoms with van der Waals surface area (Å²) in [6.07, 6.45) is -8.67. The topological polar surface area (TPSA) is 301 Å². The summed E-state index contributed by atoms with van der Waals surface area (Å²) < 4.78 is 0. The first-order chi connectivity index (χ1) is 12.1. The van der Waals surface area contributed by atoms with Gasteiger partial charge in [-0.3, -0.25) is 0 Å². The number of rotatable bonds is 9. The molecule has 0 aliphatic heterocycles. The zero-order valence-electron chi connectivity index (χ0n) is 14.2. The van der Waals surface area contributed by atoms with Crippen LogP contribution in [0.5, 0.6) is 0 Å². The Morgan fingerprint density at radius 1 is 0.483 bits per heavy atom. The van der Waals surface area contributed by atoms with Crippen LogP contribution < -0.4 is 30.6 Å². The molecule has 0 radical (unpaired) electrons. The fourth-order valence-corrected chi connectivity index (χ4v) is 0.724. The predicted molar refractivity (Wildman–Crippen MR) is 61.9 cm³/mol. The Hall–Kier alpha value is -1.09. The standard InChI is InChI=1S/3C4H6O5.2Y/c3*5-2(4(8)9)1-3(6)7;;/h3*2,5H,1H2,(H,6,7)(H,8,9);;/q;;;2*+3/p-6. The second-order valence-corrected chi connectivity index (χ2v) is 4.23. The van der Waals surface area contributed by atoms with Crippen molar-refractivity contribution in [2.24, 2.45) is 0 Å². The molecule has 0 saturated heterocycles. The zero-order chi connectivity index (χ0) is 22.3. The first kappa shape index (κ1) is 38.5. The Morgan fingerprint density at radius 3 is 0.655 bits per heavy atom. The van der Waals surface area contributed by atoms with Gasteiger partial charge in [0.25, 0.3) is 0 Å². The molecule has 156 valence electrons. The van der Waals surface area contributed by atoms with Crippen LogP contribution in [0.2, 0.25) is 0 Å². The first-order valence-corrected chi connectivity index (χ1v) is 6.38. The number of hydrogen-bond donors (Lipinski definition) is 3. The van der Waals surface area contributed by atoms with Crippen molar-refractivity contribution in [2.75, 3.05) is 0 Å². The molecule has 0 aliphatic carbocycles. The second kappa shape index (κ2) is 21.6. The van der Waals surface area contributed by atoms with Crippen LogP contribution >= 0.6 is 0 Å². The smallest absolute Gasteiger partial charge is 0.550 e. The first-order valence-electron chi connectivity index (χ1n) is 6.38. The molecule has 0 spiro atoms. The van der Waals surface area contributed by atoms with Gasteiger partial charge in [-0.1, -0.05) is 0 Å². The van der Waals surface area contributed by atoms with Gasteiger partial charge in [0, 0.05) is 37.2 Å². The van der Waals surface area contributed by atoms with Crippen molar-refractivity contribution >= 4 is 35.8 Å². The van der Waals surface area contributed by atoms with E-state index in [1.165, 1.54) is 0 Å². The minimum absolute atomic E-state index is 0. The fraction of sp³-hybridized carbons (Fsp3) is 0.500. The van der Waals surface area contributed by atoms with Crippen molar-refractivity contribution in [1.29, 1.82) is 0 Å². The van der Waals surface area contributed by atoms with E-state index in [2.05, 4.69) is 0 Å². The molecule has 29 heavy (non-hydrogen) atoms. The quantitative estimate of drug-likeness (QED) is 0.230. The molecular weight excluding hydrogens is 562 g/mol. The largest absolute Gasteiger partial charge is 3.00 e. The molecule has 0 rings (SSSR count). The van der Waals surface area contributed by atoms with E-state index in [4.69, 9.17) is 15.3 Å². The number of aliphatic carboxylic acids is 6. The van der Waals surface area contributed by atoms with Crippen LogP contribution in [0.4, 0.5) is 0 Å². The minimum Gasteiger partial charge on any atom is -0.550 e. The maximum Gasteiger partial charge on any atom is 3.00 e. The summed E-state index contributed by atoms with van der Waals surface area (Å²) in [5, 5.41) is 82.0. The van der Waals surface area contributed by atoms with Gasteiger partial charge in [0.2, 0.25) is 0 Å². The van der Waals surface area contributed by atoms with Gasteiger partial charge in [-0.05, 0) is 0 Å². The van der Waals surface area contributed by atoms with Gasteiger partial charge in [-0.25, -0.2) is 0 Å². The molecule has 0 fully saturated rings. The van der Waals surface area contributed by atoms with Gasteiger partial charge < -0.3 is 74.7 Å². The SMILES string of the molecule is O=C([O-])CC(O)C(=O)[O-].O=C([O-])CC(O)C(=O)[O-].O=C([O-])CC(O)C(=O)[O-].[Y+3].[Y+3]. The van der Waals surface area contributed by atoms with Gasteiger partial charge in [0.05, 0.1) is 36.2 Å². The van der Waals surface area contributed by atoms with Gasteiger partial charge in [0.15, 0.2) is 0 Å². The van der Waals surface area contributed by atoms with E-state index in [1.807, 2.05) is 0 Å². The molecule has 0 aromatic carbocycles. The van der Waals surface area contributed by atoms with Crippen LogP contribution in [0.15, 0.2) is 0 Å². The number of carboxylic acid groups (broad SMARTS) is 6. The third-order valence-corrected chi connectivity index (χ3v) is 1.90. The molecule has 15 nitrogen and oxygen atoms in total. The van der Waals surface area contributed by atoms with Crippen LogP contribution in [-0.4, -0.2) is 69.4 Å². The number of carbonyl (C=O) groups excluding carboxylic acids is 6. The van der Waals surface area contributed by atoms with E-state index in [1.54, 1.807) is 0 Å². The average Bonchev–Trinajstić information content (AvgIpc) is 2.46. The molecule has 3 N–H and O–H groups in total. The number of hydrogen-bond acceptors (Lipinski definition) is 15. The molecular formula is C12H12O15Y2. The summed E-state index contributed by atoms with van der Waals surface area (Å²) in [4.78, 5) is 57.4. The van der Waals surface area contributed by atoms with Crippen LogP contribution in [0.1, 0.15) is 19.3 Å². The minimum atomic E-state index is -1.96. The molecule has 3 unspecified atom stereocenters. The van der Waals surface area contributed by atoms with Crippen molar-refractivity contribution in [3.8, 4) is 0 Å². The Balaban J connectivity index is -0.0000000960. The van der Waals surface area contributed by atoms with E-state index in [0.717, 1.165) is 0 Å². The van der Waals surface area contributed by atoms with Gasteiger partial charge in [0.1, 0.15) is 0 Å². The monoisotopic (exact) mass is 574 g/mol. The molecule has 0 amide bonds. The Morgan fingerprint density at radius 2 is 0.621 bits per heavy atom. The number of carboxylic acids is 6. The molecule has 0 heterocycles. The van der Waals surface area contributed by atoms with Crippen LogP contribution in [0.25, 0.3) is 0 Å². The van der Waals surface area contributed by atoms with Crippen molar-refractivity contribution < 1.29 is 140 Å². The second-order valence-electron chi connectivity index (χ2n) is 4.23. The van der Waals surface area contributed by atoms with Crippen molar-refractivity contribution in [2.45, 2.75) is 37.6 Å². The maximum absolute atomic E-state index is 9.58. The Labute approximate surface area is 212 Å². The summed E-state index contributed by atoms with van der Waals surface area (Å²) in [7, 11) is 0. The van der Waals surface area contributed by atoms with Crippen LogP contribution in [-0.2, 0) is 94.2 Å². The summed E-state index contributed by atoms with van der Waals surface area (Å²) in [6.45, 7) is 0. The van der Waals surface area contributed by atoms with E-state index in [9.17, 15) is 59.4 Å².